The molecule has 1 aliphatic carbocycles. The van der Waals surface area contributed by atoms with Crippen molar-refractivity contribution in [3.05, 3.63) is 42.4 Å². The molecule has 2 aromatic heterocycles. The first-order chi connectivity index (χ1) is 15.2. The molecule has 2 fully saturated rings. The summed E-state index contributed by atoms with van der Waals surface area (Å²) in [6.07, 6.45) is 9.55. The van der Waals surface area contributed by atoms with E-state index in [1.54, 1.807) is 6.07 Å². The Morgan fingerprint density at radius 1 is 1.23 bits per heavy atom. The van der Waals surface area contributed by atoms with E-state index in [-0.39, 0.29) is 18.0 Å². The molecule has 9 nitrogen and oxygen atoms in total. The summed E-state index contributed by atoms with van der Waals surface area (Å²) < 4.78 is 9.24. The number of nitrogen functional groups attached to an aromatic ring is 1. The van der Waals surface area contributed by atoms with E-state index >= 15 is 0 Å². The van der Waals surface area contributed by atoms with Gasteiger partial charge in [0.2, 0.25) is 0 Å². The van der Waals surface area contributed by atoms with Crippen LogP contribution in [0, 0.1) is 0 Å². The van der Waals surface area contributed by atoms with Crippen LogP contribution in [0.5, 0.6) is 0 Å². The van der Waals surface area contributed by atoms with E-state index in [4.69, 9.17) is 15.5 Å². The Morgan fingerprint density at radius 3 is 2.90 bits per heavy atom. The fraction of sp³-hybridized carbons (Fsp3) is 0.364. The molecule has 5 heterocycles. The molecule has 3 N–H and O–H groups in total. The SMILES string of the molecule is Nc1cc(-c2cnc3n(C4CCOC4)cccc2-3)nc2c(C(=O)NC3CCC3)cnn12. The lowest BCUT2D eigenvalue weighted by Crippen LogP contribution is -2.39. The normalized spacial score (nSPS) is 19.2. The van der Waals surface area contributed by atoms with Crippen LogP contribution < -0.4 is 11.1 Å². The summed E-state index contributed by atoms with van der Waals surface area (Å²) in [6, 6.07) is 6.35. The third kappa shape index (κ3) is 2.96. The van der Waals surface area contributed by atoms with Crippen LogP contribution in [0.2, 0.25) is 0 Å². The average Bonchev–Trinajstić information content (AvgIpc) is 3.49. The van der Waals surface area contributed by atoms with Crippen molar-refractivity contribution in [2.75, 3.05) is 18.9 Å². The van der Waals surface area contributed by atoms with E-state index in [2.05, 4.69) is 20.0 Å². The Kier molecular flexibility index (Phi) is 4.17. The van der Waals surface area contributed by atoms with Gasteiger partial charge in [0.25, 0.3) is 5.91 Å². The fourth-order valence-corrected chi connectivity index (χ4v) is 4.40. The summed E-state index contributed by atoms with van der Waals surface area (Å²) in [5.74, 6) is 1.16. The molecule has 1 unspecified atom stereocenters. The summed E-state index contributed by atoms with van der Waals surface area (Å²) in [6.45, 7) is 1.46. The van der Waals surface area contributed by atoms with Crippen LogP contribution >= 0.6 is 0 Å². The Bertz CT molecular complexity index is 1250. The smallest absolute Gasteiger partial charge is 0.256 e. The van der Waals surface area contributed by atoms with Gasteiger partial charge in [-0.3, -0.25) is 4.79 Å². The molecule has 1 saturated carbocycles. The van der Waals surface area contributed by atoms with Gasteiger partial charge < -0.3 is 20.4 Å². The summed E-state index contributed by atoms with van der Waals surface area (Å²) in [5, 5.41) is 7.33. The minimum absolute atomic E-state index is 0.159. The quantitative estimate of drug-likeness (QED) is 0.528. The summed E-state index contributed by atoms with van der Waals surface area (Å²) in [7, 11) is 0. The number of ether oxygens (including phenoxy) is 1. The third-order valence-corrected chi connectivity index (χ3v) is 6.36. The van der Waals surface area contributed by atoms with Crippen LogP contribution in [0.4, 0.5) is 5.82 Å². The molecule has 1 amide bonds. The molecule has 0 spiro atoms. The molecule has 0 bridgehead atoms. The largest absolute Gasteiger partial charge is 0.384 e. The third-order valence-electron chi connectivity index (χ3n) is 6.36. The highest BCUT2D eigenvalue weighted by atomic mass is 16.5. The fourth-order valence-electron chi connectivity index (χ4n) is 4.40. The van der Waals surface area contributed by atoms with Crippen molar-refractivity contribution in [3.8, 4) is 22.6 Å². The van der Waals surface area contributed by atoms with Gasteiger partial charge in [0.1, 0.15) is 17.2 Å². The van der Waals surface area contributed by atoms with E-state index in [9.17, 15) is 4.79 Å². The molecule has 0 radical (unpaired) electrons. The second kappa shape index (κ2) is 7.05. The van der Waals surface area contributed by atoms with Crippen molar-refractivity contribution in [2.24, 2.45) is 0 Å². The molecule has 6 rings (SSSR count). The van der Waals surface area contributed by atoms with Gasteiger partial charge in [-0.15, -0.1) is 0 Å². The van der Waals surface area contributed by atoms with Gasteiger partial charge in [0.15, 0.2) is 5.65 Å². The monoisotopic (exact) mass is 417 g/mol. The Hall–Kier alpha value is -3.46. The molecule has 4 aliphatic rings. The number of pyridine rings is 1. The predicted octanol–water partition coefficient (Wildman–Crippen LogP) is 2.52. The van der Waals surface area contributed by atoms with Gasteiger partial charge in [0, 0.05) is 42.2 Å². The zero-order valence-electron chi connectivity index (χ0n) is 17.0. The van der Waals surface area contributed by atoms with E-state index in [1.807, 2.05) is 24.5 Å². The molecular formula is C22H23N7O2. The second-order valence-electron chi connectivity index (χ2n) is 8.30. The lowest BCUT2D eigenvalue weighted by atomic mass is 9.93. The molecule has 1 atom stereocenters. The number of anilines is 1. The number of carbonyl (C=O) groups excluding carboxylic acids is 1. The van der Waals surface area contributed by atoms with Crippen LogP contribution in [-0.4, -0.2) is 49.3 Å². The zero-order chi connectivity index (χ0) is 20.9. The Balaban J connectivity index is 1.41. The van der Waals surface area contributed by atoms with E-state index < -0.39 is 0 Å². The van der Waals surface area contributed by atoms with Gasteiger partial charge in [-0.1, -0.05) is 0 Å². The van der Waals surface area contributed by atoms with Crippen molar-refractivity contribution < 1.29 is 9.53 Å². The first-order valence-electron chi connectivity index (χ1n) is 10.7. The van der Waals surface area contributed by atoms with Gasteiger partial charge >= 0.3 is 0 Å². The molecule has 3 aliphatic heterocycles. The van der Waals surface area contributed by atoms with Crippen molar-refractivity contribution in [1.29, 1.82) is 0 Å². The van der Waals surface area contributed by atoms with Crippen molar-refractivity contribution in [3.63, 3.8) is 0 Å². The summed E-state index contributed by atoms with van der Waals surface area (Å²) >= 11 is 0. The molecule has 0 aromatic carbocycles. The number of rotatable bonds is 4. The van der Waals surface area contributed by atoms with Gasteiger partial charge in [-0.25, -0.2) is 9.97 Å². The van der Waals surface area contributed by atoms with E-state index in [1.165, 1.54) is 10.7 Å². The minimum atomic E-state index is -0.159. The molecule has 2 aromatic rings. The Morgan fingerprint density at radius 2 is 2.13 bits per heavy atom. The van der Waals surface area contributed by atoms with Gasteiger partial charge in [-0.2, -0.15) is 9.61 Å². The molecule has 9 heteroatoms. The van der Waals surface area contributed by atoms with Crippen molar-refractivity contribution in [1.82, 2.24) is 29.5 Å². The molecule has 31 heavy (non-hydrogen) atoms. The number of carbonyl (C=O) groups is 1. The number of aromatic nitrogens is 5. The standard InChI is InChI=1S/C22H23N7O2/c23-19-9-18(27-21-17(11-25-29(19)21)22(30)26-13-3-1-4-13)16-10-24-20-15(16)5-2-7-28(20)14-6-8-31-12-14/h2,5,7,9-11,13-14H,1,3-4,6,8,12,23H2,(H,26,30). The maximum absolute atomic E-state index is 12.8. The van der Waals surface area contributed by atoms with Gasteiger partial charge in [0.05, 0.1) is 24.5 Å². The number of nitrogens with two attached hydrogens (primary N) is 1. The predicted molar refractivity (Wildman–Crippen MR) is 115 cm³/mol. The highest BCUT2D eigenvalue weighted by Gasteiger charge is 2.26. The summed E-state index contributed by atoms with van der Waals surface area (Å²) in [4.78, 5) is 22.2. The highest BCUT2D eigenvalue weighted by Crippen LogP contribution is 2.36. The van der Waals surface area contributed by atoms with Crippen LogP contribution in [0.3, 0.4) is 0 Å². The second-order valence-corrected chi connectivity index (χ2v) is 8.30. The first-order valence-corrected chi connectivity index (χ1v) is 10.7. The Labute approximate surface area is 178 Å². The lowest BCUT2D eigenvalue weighted by Gasteiger charge is -2.26. The number of nitrogens with zero attached hydrogens (tertiary/aromatic N) is 5. The van der Waals surface area contributed by atoms with Crippen LogP contribution in [0.25, 0.3) is 28.3 Å². The number of hydrogen-bond donors (Lipinski definition) is 2. The van der Waals surface area contributed by atoms with Crippen LogP contribution in [0.1, 0.15) is 42.1 Å². The highest BCUT2D eigenvalue weighted by molar-refractivity contribution is 6.00. The van der Waals surface area contributed by atoms with Crippen LogP contribution in [0.15, 0.2) is 36.8 Å². The minimum Gasteiger partial charge on any atom is -0.384 e. The topological polar surface area (TPSA) is 112 Å². The number of amides is 1. The zero-order valence-corrected chi connectivity index (χ0v) is 17.0. The lowest BCUT2D eigenvalue weighted by molar-refractivity contribution is 0.0918. The first kappa shape index (κ1) is 18.3. The number of fused-ring (bicyclic) bond motifs is 2. The van der Waals surface area contributed by atoms with Crippen molar-refractivity contribution >= 4 is 17.4 Å². The molecular weight excluding hydrogens is 394 g/mol. The average molecular weight is 417 g/mol. The summed E-state index contributed by atoms with van der Waals surface area (Å²) in [5.41, 5.74) is 9.70. The number of nitrogens with one attached hydrogen (secondary N) is 1. The van der Waals surface area contributed by atoms with Crippen LogP contribution in [-0.2, 0) is 4.74 Å². The maximum Gasteiger partial charge on any atom is 0.256 e. The van der Waals surface area contributed by atoms with Crippen molar-refractivity contribution in [2.45, 2.75) is 37.8 Å². The molecule has 158 valence electrons. The maximum atomic E-state index is 12.8. The molecule has 1 saturated heterocycles. The van der Waals surface area contributed by atoms with E-state index in [0.717, 1.165) is 49.2 Å². The van der Waals surface area contributed by atoms with Gasteiger partial charge in [-0.05, 0) is 37.8 Å². The van der Waals surface area contributed by atoms with E-state index in [0.29, 0.717) is 29.3 Å². The number of hydrogen-bond acceptors (Lipinski definition) is 6.